The Morgan fingerprint density at radius 2 is 1.43 bits per heavy atom. The maximum absolute atomic E-state index is 2.41. The molecular weight excluding hydrogens is 252 g/mol. The van der Waals surface area contributed by atoms with Crippen LogP contribution in [0.5, 0.6) is 0 Å². The third kappa shape index (κ3) is 3.00. The van der Waals surface area contributed by atoms with Crippen LogP contribution >= 0.6 is 0 Å². The van der Waals surface area contributed by atoms with Crippen LogP contribution in [0.25, 0.3) is 11.1 Å². The number of benzene rings is 2. The summed E-state index contributed by atoms with van der Waals surface area (Å²) in [5.41, 5.74) is 7.25. The Labute approximate surface area is 127 Å². The second-order valence-corrected chi connectivity index (χ2v) is 5.61. The zero-order chi connectivity index (χ0) is 14.5. The van der Waals surface area contributed by atoms with Gasteiger partial charge < -0.3 is 0 Å². The number of allylic oxidation sites excluding steroid dienone is 4. The Morgan fingerprint density at radius 1 is 0.810 bits per heavy atom. The fourth-order valence-corrected chi connectivity index (χ4v) is 3.09. The van der Waals surface area contributed by atoms with Crippen molar-refractivity contribution in [2.45, 2.75) is 32.6 Å². The van der Waals surface area contributed by atoms with Crippen LogP contribution in [0.3, 0.4) is 0 Å². The Balaban J connectivity index is 2.00. The molecule has 0 aromatic heterocycles. The molecule has 106 valence electrons. The van der Waals surface area contributed by atoms with Crippen molar-refractivity contribution in [3.63, 3.8) is 0 Å². The van der Waals surface area contributed by atoms with Gasteiger partial charge in [-0.2, -0.15) is 0 Å². The lowest BCUT2D eigenvalue weighted by atomic mass is 9.92. The van der Waals surface area contributed by atoms with Crippen LogP contribution in [0.15, 0.2) is 72.3 Å². The highest BCUT2D eigenvalue weighted by Gasteiger charge is 2.19. The summed E-state index contributed by atoms with van der Waals surface area (Å²) >= 11 is 0. The van der Waals surface area contributed by atoms with Crippen molar-refractivity contribution in [3.05, 3.63) is 83.4 Å². The molecule has 3 rings (SSSR count). The molecule has 0 spiro atoms. The van der Waals surface area contributed by atoms with Crippen molar-refractivity contribution in [2.24, 2.45) is 0 Å². The second-order valence-electron chi connectivity index (χ2n) is 5.61. The average Bonchev–Trinajstić information content (AvgIpc) is 2.98. The van der Waals surface area contributed by atoms with Crippen LogP contribution in [-0.2, 0) is 0 Å². The monoisotopic (exact) mass is 274 g/mol. The molecule has 0 nitrogen and oxygen atoms in total. The van der Waals surface area contributed by atoms with E-state index in [1.54, 1.807) is 5.57 Å². The minimum absolute atomic E-state index is 1.06. The lowest BCUT2D eigenvalue weighted by Gasteiger charge is -2.12. The summed E-state index contributed by atoms with van der Waals surface area (Å²) in [6.45, 7) is 2.27. The minimum atomic E-state index is 1.06. The van der Waals surface area contributed by atoms with Gasteiger partial charge in [-0.1, -0.05) is 80.1 Å². The SMILES string of the molecule is CCCCC1=C(c2ccccc2)CC=C1c1ccccc1. The molecule has 0 bridgehead atoms. The lowest BCUT2D eigenvalue weighted by molar-refractivity contribution is 0.802. The lowest BCUT2D eigenvalue weighted by Crippen LogP contribution is -1.91. The Bertz CT molecular complexity index is 645. The molecule has 0 saturated heterocycles. The van der Waals surface area contributed by atoms with E-state index in [0.717, 1.165) is 6.42 Å². The molecule has 2 aromatic rings. The first-order chi connectivity index (χ1) is 10.4. The fourth-order valence-electron chi connectivity index (χ4n) is 3.09. The number of hydrogen-bond donors (Lipinski definition) is 0. The Morgan fingerprint density at radius 3 is 2.05 bits per heavy atom. The summed E-state index contributed by atoms with van der Waals surface area (Å²) in [6, 6.07) is 21.7. The molecule has 0 unspecified atom stereocenters. The van der Waals surface area contributed by atoms with Crippen molar-refractivity contribution < 1.29 is 0 Å². The van der Waals surface area contributed by atoms with Crippen LogP contribution in [0, 0.1) is 0 Å². The molecule has 0 saturated carbocycles. The molecule has 2 aromatic carbocycles. The van der Waals surface area contributed by atoms with Crippen LogP contribution in [0.2, 0.25) is 0 Å². The van der Waals surface area contributed by atoms with Gasteiger partial charge in [-0.3, -0.25) is 0 Å². The van der Waals surface area contributed by atoms with E-state index in [-0.39, 0.29) is 0 Å². The van der Waals surface area contributed by atoms with Gasteiger partial charge >= 0.3 is 0 Å². The second kappa shape index (κ2) is 6.58. The van der Waals surface area contributed by atoms with Crippen LogP contribution in [-0.4, -0.2) is 0 Å². The molecule has 0 N–H and O–H groups in total. The van der Waals surface area contributed by atoms with Gasteiger partial charge in [0.15, 0.2) is 0 Å². The van der Waals surface area contributed by atoms with Gasteiger partial charge in [0.25, 0.3) is 0 Å². The van der Waals surface area contributed by atoms with E-state index in [1.165, 1.54) is 41.5 Å². The molecule has 0 aliphatic heterocycles. The predicted molar refractivity (Wildman–Crippen MR) is 91.9 cm³/mol. The topological polar surface area (TPSA) is 0 Å². The minimum Gasteiger partial charge on any atom is -0.0719 e. The first kappa shape index (κ1) is 13.9. The van der Waals surface area contributed by atoms with E-state index in [4.69, 9.17) is 0 Å². The molecule has 0 heteroatoms. The third-order valence-electron chi connectivity index (χ3n) is 4.19. The quantitative estimate of drug-likeness (QED) is 0.616. The molecule has 1 aliphatic rings. The van der Waals surface area contributed by atoms with Gasteiger partial charge in [0.2, 0.25) is 0 Å². The maximum atomic E-state index is 2.41. The molecule has 21 heavy (non-hydrogen) atoms. The van der Waals surface area contributed by atoms with Crippen molar-refractivity contribution in [2.75, 3.05) is 0 Å². The summed E-state index contributed by atoms with van der Waals surface area (Å²) in [4.78, 5) is 0. The third-order valence-corrected chi connectivity index (χ3v) is 4.19. The zero-order valence-corrected chi connectivity index (χ0v) is 12.7. The Kier molecular flexibility index (Phi) is 4.35. The first-order valence-electron chi connectivity index (χ1n) is 7.93. The smallest absolute Gasteiger partial charge is 0.00792 e. The average molecular weight is 274 g/mol. The summed E-state index contributed by atoms with van der Waals surface area (Å²) in [5, 5.41) is 0. The van der Waals surface area contributed by atoms with Gasteiger partial charge in [-0.15, -0.1) is 0 Å². The molecule has 0 atom stereocenters. The van der Waals surface area contributed by atoms with E-state index in [0.29, 0.717) is 0 Å². The van der Waals surface area contributed by atoms with Crippen LogP contribution in [0.4, 0.5) is 0 Å². The van der Waals surface area contributed by atoms with Gasteiger partial charge in [0.05, 0.1) is 0 Å². The van der Waals surface area contributed by atoms with Crippen molar-refractivity contribution in [3.8, 4) is 0 Å². The molecule has 0 amide bonds. The van der Waals surface area contributed by atoms with Gasteiger partial charge in [0.1, 0.15) is 0 Å². The normalized spacial score (nSPS) is 14.4. The highest BCUT2D eigenvalue weighted by atomic mass is 14.2. The van der Waals surface area contributed by atoms with E-state index < -0.39 is 0 Å². The van der Waals surface area contributed by atoms with Gasteiger partial charge in [-0.05, 0) is 47.1 Å². The van der Waals surface area contributed by atoms with E-state index in [2.05, 4.69) is 73.7 Å². The van der Waals surface area contributed by atoms with Crippen molar-refractivity contribution in [1.82, 2.24) is 0 Å². The van der Waals surface area contributed by atoms with Gasteiger partial charge in [-0.25, -0.2) is 0 Å². The van der Waals surface area contributed by atoms with Crippen LogP contribution < -0.4 is 0 Å². The highest BCUT2D eigenvalue weighted by Crippen LogP contribution is 2.41. The fraction of sp³-hybridized carbons (Fsp3) is 0.238. The molecule has 0 heterocycles. The highest BCUT2D eigenvalue weighted by molar-refractivity contribution is 5.94. The zero-order valence-electron chi connectivity index (χ0n) is 12.7. The summed E-state index contributed by atoms with van der Waals surface area (Å²) in [6.07, 6.45) is 7.15. The van der Waals surface area contributed by atoms with Crippen LogP contribution in [0.1, 0.15) is 43.7 Å². The van der Waals surface area contributed by atoms with E-state index >= 15 is 0 Å². The summed E-state index contributed by atoms with van der Waals surface area (Å²) in [5.74, 6) is 0. The largest absolute Gasteiger partial charge is 0.0719 e. The predicted octanol–water partition coefficient (Wildman–Crippen LogP) is 6.12. The number of rotatable bonds is 5. The maximum Gasteiger partial charge on any atom is -0.00792 e. The summed E-state index contributed by atoms with van der Waals surface area (Å²) < 4.78 is 0. The number of hydrogen-bond acceptors (Lipinski definition) is 0. The van der Waals surface area contributed by atoms with Crippen molar-refractivity contribution in [1.29, 1.82) is 0 Å². The standard InChI is InChI=1S/C21H22/c1-2-3-14-21-19(17-10-6-4-7-11-17)15-16-20(21)18-12-8-5-9-13-18/h4-13,15H,2-3,14,16H2,1H3. The molecule has 0 radical (unpaired) electrons. The van der Waals surface area contributed by atoms with E-state index in [1.807, 2.05) is 0 Å². The van der Waals surface area contributed by atoms with E-state index in [9.17, 15) is 0 Å². The molecule has 1 aliphatic carbocycles. The first-order valence-corrected chi connectivity index (χ1v) is 7.93. The van der Waals surface area contributed by atoms with Gasteiger partial charge in [0, 0.05) is 0 Å². The van der Waals surface area contributed by atoms with Crippen molar-refractivity contribution >= 4 is 11.1 Å². The summed E-state index contributed by atoms with van der Waals surface area (Å²) in [7, 11) is 0. The molecule has 0 fully saturated rings. The Hall–Kier alpha value is -2.08. The molecular formula is C21H22. The number of unbranched alkanes of at least 4 members (excludes halogenated alkanes) is 1.